The highest BCUT2D eigenvalue weighted by Gasteiger charge is 2.12. The van der Waals surface area contributed by atoms with E-state index >= 15 is 0 Å². The molecule has 2 rings (SSSR count). The fourth-order valence-electron chi connectivity index (χ4n) is 1.97. The maximum Gasteiger partial charge on any atom is 0.269 e. The van der Waals surface area contributed by atoms with Gasteiger partial charge in [-0.25, -0.2) is 0 Å². The number of benzene rings is 1. The highest BCUT2D eigenvalue weighted by molar-refractivity contribution is 5.98. The topological polar surface area (TPSA) is 36.1 Å². The number of hydrogen-bond acceptors (Lipinski definition) is 1. The normalized spacial score (nSPS) is 10.8. The van der Waals surface area contributed by atoms with E-state index in [1.54, 1.807) is 19.0 Å². The van der Waals surface area contributed by atoms with E-state index < -0.39 is 0 Å². The van der Waals surface area contributed by atoms with Crippen LogP contribution in [0.4, 0.5) is 0 Å². The third-order valence-corrected chi connectivity index (χ3v) is 2.71. The number of carbonyl (C=O) groups excluding carboxylic acids is 1. The first kappa shape index (κ1) is 10.7. The molecule has 0 unspecified atom stereocenters. The molecule has 0 bridgehead atoms. The van der Waals surface area contributed by atoms with Gasteiger partial charge in [0.1, 0.15) is 5.69 Å². The molecule has 0 spiro atoms. The number of nitrogens with zero attached hydrogens (tertiary/aromatic N) is 1. The van der Waals surface area contributed by atoms with Crippen LogP contribution in [0.15, 0.2) is 18.2 Å². The number of H-pyrrole nitrogens is 1. The number of fused-ring (bicyclic) bond motifs is 1. The molecule has 1 aromatic carbocycles. The van der Waals surface area contributed by atoms with Crippen molar-refractivity contribution in [2.24, 2.45) is 0 Å². The summed E-state index contributed by atoms with van der Waals surface area (Å²) in [7, 11) is 3.51. The number of rotatable bonds is 1. The Labute approximate surface area is 95.1 Å². The second-order valence-electron chi connectivity index (χ2n) is 4.43. The van der Waals surface area contributed by atoms with Crippen LogP contribution in [0.5, 0.6) is 0 Å². The molecule has 0 aliphatic rings. The average Bonchev–Trinajstić information content (AvgIpc) is 2.60. The van der Waals surface area contributed by atoms with Crippen molar-refractivity contribution in [2.45, 2.75) is 13.8 Å². The van der Waals surface area contributed by atoms with Gasteiger partial charge in [-0.05, 0) is 31.5 Å². The molecule has 0 radical (unpaired) electrons. The highest BCUT2D eigenvalue weighted by Crippen LogP contribution is 2.21. The summed E-state index contributed by atoms with van der Waals surface area (Å²) in [6.07, 6.45) is 0. The SMILES string of the molecule is Cc1cc(C)c2[nH]c(C(=O)N(C)C)cc2c1. The van der Waals surface area contributed by atoms with Gasteiger partial charge < -0.3 is 9.88 Å². The Morgan fingerprint density at radius 3 is 2.50 bits per heavy atom. The van der Waals surface area contributed by atoms with Crippen LogP contribution < -0.4 is 0 Å². The largest absolute Gasteiger partial charge is 0.350 e. The van der Waals surface area contributed by atoms with Crippen molar-refractivity contribution in [1.82, 2.24) is 9.88 Å². The molecular weight excluding hydrogens is 200 g/mol. The molecule has 0 atom stereocenters. The molecular formula is C13H16N2O. The van der Waals surface area contributed by atoms with Gasteiger partial charge >= 0.3 is 0 Å². The third-order valence-electron chi connectivity index (χ3n) is 2.71. The van der Waals surface area contributed by atoms with E-state index in [4.69, 9.17) is 0 Å². The molecule has 1 aromatic heterocycles. The van der Waals surface area contributed by atoms with Gasteiger partial charge in [0.15, 0.2) is 0 Å². The van der Waals surface area contributed by atoms with E-state index in [9.17, 15) is 4.79 Å². The first-order valence-corrected chi connectivity index (χ1v) is 5.30. The fourth-order valence-corrected chi connectivity index (χ4v) is 1.97. The minimum atomic E-state index is 0.00764. The van der Waals surface area contributed by atoms with Gasteiger partial charge in [0.05, 0.1) is 0 Å². The van der Waals surface area contributed by atoms with E-state index in [2.05, 4.69) is 31.0 Å². The molecule has 0 saturated carbocycles. The maximum atomic E-state index is 11.8. The zero-order valence-corrected chi connectivity index (χ0v) is 10.1. The summed E-state index contributed by atoms with van der Waals surface area (Å²) in [6, 6.07) is 6.12. The molecule has 0 aliphatic heterocycles. The second kappa shape index (κ2) is 3.67. The standard InChI is InChI=1S/C13H16N2O/c1-8-5-9(2)12-10(6-8)7-11(14-12)13(16)15(3)4/h5-7,14H,1-4H3. The van der Waals surface area contributed by atoms with Crippen LogP contribution in [-0.2, 0) is 0 Å². The number of hydrogen-bond donors (Lipinski definition) is 1. The van der Waals surface area contributed by atoms with Crippen molar-refractivity contribution in [3.63, 3.8) is 0 Å². The fraction of sp³-hybridized carbons (Fsp3) is 0.308. The van der Waals surface area contributed by atoms with Gasteiger partial charge in [-0.3, -0.25) is 4.79 Å². The Kier molecular flexibility index (Phi) is 2.46. The number of amides is 1. The quantitative estimate of drug-likeness (QED) is 0.781. The number of nitrogens with one attached hydrogen (secondary N) is 1. The van der Waals surface area contributed by atoms with Crippen molar-refractivity contribution >= 4 is 16.8 Å². The predicted molar refractivity (Wildman–Crippen MR) is 65.8 cm³/mol. The number of carbonyl (C=O) groups is 1. The van der Waals surface area contributed by atoms with Crippen LogP contribution in [0.2, 0.25) is 0 Å². The number of aromatic amines is 1. The summed E-state index contributed by atoms with van der Waals surface area (Å²) in [6.45, 7) is 4.11. The maximum absolute atomic E-state index is 11.8. The Hall–Kier alpha value is -1.77. The Morgan fingerprint density at radius 1 is 1.19 bits per heavy atom. The Bertz CT molecular complexity index is 552. The van der Waals surface area contributed by atoms with Gasteiger partial charge in [-0.15, -0.1) is 0 Å². The van der Waals surface area contributed by atoms with Gasteiger partial charge in [-0.1, -0.05) is 11.6 Å². The summed E-state index contributed by atoms with van der Waals surface area (Å²) in [5, 5.41) is 1.10. The molecule has 1 amide bonds. The molecule has 0 saturated heterocycles. The molecule has 84 valence electrons. The van der Waals surface area contributed by atoms with Crippen LogP contribution in [0.3, 0.4) is 0 Å². The van der Waals surface area contributed by atoms with Crippen molar-refractivity contribution in [3.05, 3.63) is 35.0 Å². The van der Waals surface area contributed by atoms with Gasteiger partial charge in [-0.2, -0.15) is 0 Å². The molecule has 1 N–H and O–H groups in total. The molecule has 1 heterocycles. The zero-order chi connectivity index (χ0) is 11.9. The zero-order valence-electron chi connectivity index (χ0n) is 10.1. The van der Waals surface area contributed by atoms with Crippen molar-refractivity contribution in [2.75, 3.05) is 14.1 Å². The van der Waals surface area contributed by atoms with Crippen LogP contribution in [0.25, 0.3) is 10.9 Å². The van der Waals surface area contributed by atoms with Crippen LogP contribution >= 0.6 is 0 Å². The lowest BCUT2D eigenvalue weighted by molar-refractivity contribution is 0.0823. The lowest BCUT2D eigenvalue weighted by Gasteiger charge is -2.07. The molecule has 3 heteroatoms. The van der Waals surface area contributed by atoms with E-state index in [1.807, 2.05) is 6.07 Å². The lowest BCUT2D eigenvalue weighted by Crippen LogP contribution is -2.21. The van der Waals surface area contributed by atoms with Gasteiger partial charge in [0, 0.05) is 25.0 Å². The molecule has 2 aromatic rings. The van der Waals surface area contributed by atoms with Gasteiger partial charge in [0.2, 0.25) is 0 Å². The Morgan fingerprint density at radius 2 is 1.88 bits per heavy atom. The van der Waals surface area contributed by atoms with Crippen molar-refractivity contribution < 1.29 is 4.79 Å². The minimum absolute atomic E-state index is 0.00764. The summed E-state index contributed by atoms with van der Waals surface area (Å²) >= 11 is 0. The summed E-state index contributed by atoms with van der Waals surface area (Å²) in [5.41, 5.74) is 4.09. The summed E-state index contributed by atoms with van der Waals surface area (Å²) < 4.78 is 0. The third kappa shape index (κ3) is 1.69. The number of aryl methyl sites for hydroxylation is 2. The van der Waals surface area contributed by atoms with E-state index in [0.717, 1.165) is 10.9 Å². The Balaban J connectivity index is 2.60. The molecule has 0 aliphatic carbocycles. The second-order valence-corrected chi connectivity index (χ2v) is 4.43. The van der Waals surface area contributed by atoms with Crippen LogP contribution in [0, 0.1) is 13.8 Å². The van der Waals surface area contributed by atoms with Crippen LogP contribution in [0.1, 0.15) is 21.6 Å². The summed E-state index contributed by atoms with van der Waals surface area (Å²) in [5.74, 6) is 0.00764. The van der Waals surface area contributed by atoms with Crippen molar-refractivity contribution in [3.8, 4) is 0 Å². The average molecular weight is 216 g/mol. The predicted octanol–water partition coefficient (Wildman–Crippen LogP) is 2.49. The minimum Gasteiger partial charge on any atom is -0.350 e. The lowest BCUT2D eigenvalue weighted by atomic mass is 10.1. The highest BCUT2D eigenvalue weighted by atomic mass is 16.2. The van der Waals surface area contributed by atoms with Crippen LogP contribution in [-0.4, -0.2) is 29.9 Å². The number of aromatic nitrogens is 1. The first-order valence-electron chi connectivity index (χ1n) is 5.30. The van der Waals surface area contributed by atoms with E-state index in [-0.39, 0.29) is 5.91 Å². The van der Waals surface area contributed by atoms with Gasteiger partial charge in [0.25, 0.3) is 5.91 Å². The molecule has 0 fully saturated rings. The summed E-state index contributed by atoms with van der Waals surface area (Å²) in [4.78, 5) is 16.6. The first-order chi connectivity index (χ1) is 7.49. The molecule has 16 heavy (non-hydrogen) atoms. The smallest absolute Gasteiger partial charge is 0.269 e. The monoisotopic (exact) mass is 216 g/mol. The van der Waals surface area contributed by atoms with E-state index in [1.165, 1.54) is 11.1 Å². The molecule has 3 nitrogen and oxygen atoms in total. The van der Waals surface area contributed by atoms with E-state index in [0.29, 0.717) is 5.69 Å². The van der Waals surface area contributed by atoms with Crippen molar-refractivity contribution in [1.29, 1.82) is 0 Å².